The highest BCUT2D eigenvalue weighted by Gasteiger charge is 2.24. The fraction of sp³-hybridized carbons (Fsp3) is 0.647. The van der Waals surface area contributed by atoms with Crippen LogP contribution in [-0.4, -0.2) is 26.4 Å². The molecule has 3 unspecified atom stereocenters. The maximum atomic E-state index is 6.30. The maximum Gasteiger partial charge on any atom is 0.124 e. The Bertz CT molecular complexity index is 433. The highest BCUT2D eigenvalue weighted by Crippen LogP contribution is 2.31. The minimum Gasteiger partial charge on any atom is -0.490 e. The Kier molecular flexibility index (Phi) is 5.44. The lowest BCUT2D eigenvalue weighted by Gasteiger charge is -2.30. The molecule has 0 radical (unpaired) electrons. The van der Waals surface area contributed by atoms with Crippen molar-refractivity contribution < 1.29 is 9.47 Å². The molecule has 112 valence electrons. The SMILES string of the molecule is CNC(C)c1ccc(C)cc1OC1CCCC(OC)C1. The van der Waals surface area contributed by atoms with E-state index < -0.39 is 0 Å². The van der Waals surface area contributed by atoms with Crippen molar-refractivity contribution in [2.45, 2.75) is 57.8 Å². The average Bonchev–Trinajstić information content (AvgIpc) is 2.47. The average molecular weight is 277 g/mol. The molecule has 0 aliphatic heterocycles. The van der Waals surface area contributed by atoms with Gasteiger partial charge in [0.05, 0.1) is 6.10 Å². The topological polar surface area (TPSA) is 30.5 Å². The summed E-state index contributed by atoms with van der Waals surface area (Å²) in [4.78, 5) is 0. The molecule has 0 aromatic heterocycles. The van der Waals surface area contributed by atoms with E-state index in [1.165, 1.54) is 17.5 Å². The van der Waals surface area contributed by atoms with Crippen LogP contribution in [0.5, 0.6) is 5.75 Å². The molecular formula is C17H27NO2. The van der Waals surface area contributed by atoms with Gasteiger partial charge < -0.3 is 14.8 Å². The van der Waals surface area contributed by atoms with Gasteiger partial charge in [-0.3, -0.25) is 0 Å². The first-order valence-corrected chi connectivity index (χ1v) is 7.61. The first-order valence-electron chi connectivity index (χ1n) is 7.61. The highest BCUT2D eigenvalue weighted by molar-refractivity contribution is 5.39. The first-order chi connectivity index (χ1) is 9.63. The van der Waals surface area contributed by atoms with Gasteiger partial charge in [-0.25, -0.2) is 0 Å². The third kappa shape index (κ3) is 3.74. The molecule has 1 aromatic rings. The smallest absolute Gasteiger partial charge is 0.124 e. The summed E-state index contributed by atoms with van der Waals surface area (Å²) in [6.45, 7) is 4.27. The van der Waals surface area contributed by atoms with Crippen LogP contribution in [0.25, 0.3) is 0 Å². The predicted octanol–water partition coefficient (Wildman–Crippen LogP) is 3.61. The Balaban J connectivity index is 2.13. The minimum atomic E-state index is 0.276. The molecule has 3 heteroatoms. The van der Waals surface area contributed by atoms with Crippen molar-refractivity contribution in [3.05, 3.63) is 29.3 Å². The van der Waals surface area contributed by atoms with Crippen LogP contribution in [0.15, 0.2) is 18.2 Å². The zero-order chi connectivity index (χ0) is 14.5. The molecule has 1 fully saturated rings. The fourth-order valence-electron chi connectivity index (χ4n) is 2.86. The van der Waals surface area contributed by atoms with Gasteiger partial charge in [-0.1, -0.05) is 12.1 Å². The molecule has 0 bridgehead atoms. The highest BCUT2D eigenvalue weighted by atomic mass is 16.5. The van der Waals surface area contributed by atoms with Crippen LogP contribution in [0, 0.1) is 6.92 Å². The number of hydrogen-bond acceptors (Lipinski definition) is 3. The fourth-order valence-corrected chi connectivity index (χ4v) is 2.86. The quantitative estimate of drug-likeness (QED) is 0.892. The summed E-state index contributed by atoms with van der Waals surface area (Å²) in [6, 6.07) is 6.77. The lowest BCUT2D eigenvalue weighted by atomic mass is 9.94. The number of hydrogen-bond donors (Lipinski definition) is 1. The molecular weight excluding hydrogens is 250 g/mol. The molecule has 1 saturated carbocycles. The molecule has 2 rings (SSSR count). The Morgan fingerprint density at radius 3 is 2.70 bits per heavy atom. The summed E-state index contributed by atoms with van der Waals surface area (Å²) in [6.07, 6.45) is 5.09. The second-order valence-electron chi connectivity index (χ2n) is 5.82. The van der Waals surface area contributed by atoms with Gasteiger partial charge in [-0.15, -0.1) is 0 Å². The molecule has 1 aliphatic rings. The largest absolute Gasteiger partial charge is 0.490 e. The van der Waals surface area contributed by atoms with Crippen LogP contribution in [0.2, 0.25) is 0 Å². The van der Waals surface area contributed by atoms with Crippen molar-refractivity contribution in [1.82, 2.24) is 5.32 Å². The Morgan fingerprint density at radius 1 is 1.25 bits per heavy atom. The van der Waals surface area contributed by atoms with E-state index in [2.05, 4.69) is 37.4 Å². The van der Waals surface area contributed by atoms with E-state index in [0.717, 1.165) is 25.0 Å². The summed E-state index contributed by atoms with van der Waals surface area (Å²) in [5.41, 5.74) is 2.48. The normalized spacial score (nSPS) is 24.4. The summed E-state index contributed by atoms with van der Waals surface area (Å²) in [5, 5.41) is 3.29. The van der Waals surface area contributed by atoms with Gasteiger partial charge in [0.15, 0.2) is 0 Å². The van der Waals surface area contributed by atoms with E-state index in [-0.39, 0.29) is 6.10 Å². The second-order valence-corrected chi connectivity index (χ2v) is 5.82. The summed E-state index contributed by atoms with van der Waals surface area (Å²) in [7, 11) is 3.78. The van der Waals surface area contributed by atoms with Gasteiger partial charge in [0.2, 0.25) is 0 Å². The van der Waals surface area contributed by atoms with Crippen molar-refractivity contribution in [1.29, 1.82) is 0 Å². The molecule has 0 amide bonds. The van der Waals surface area contributed by atoms with Crippen LogP contribution in [0.3, 0.4) is 0 Å². The second kappa shape index (κ2) is 7.09. The number of ether oxygens (including phenoxy) is 2. The van der Waals surface area contributed by atoms with Crippen molar-refractivity contribution >= 4 is 0 Å². The van der Waals surface area contributed by atoms with Gasteiger partial charge >= 0.3 is 0 Å². The lowest BCUT2D eigenvalue weighted by Crippen LogP contribution is -2.30. The Morgan fingerprint density at radius 2 is 2.00 bits per heavy atom. The van der Waals surface area contributed by atoms with Crippen LogP contribution < -0.4 is 10.1 Å². The zero-order valence-electron chi connectivity index (χ0n) is 13.1. The van der Waals surface area contributed by atoms with Crippen molar-refractivity contribution in [3.63, 3.8) is 0 Å². The molecule has 0 spiro atoms. The number of benzene rings is 1. The third-order valence-electron chi connectivity index (χ3n) is 4.27. The van der Waals surface area contributed by atoms with Crippen LogP contribution in [0.4, 0.5) is 0 Å². The Hall–Kier alpha value is -1.06. The molecule has 3 atom stereocenters. The predicted molar refractivity (Wildman–Crippen MR) is 82.3 cm³/mol. The lowest BCUT2D eigenvalue weighted by molar-refractivity contribution is 0.0205. The Labute approximate surface area is 122 Å². The number of nitrogens with one attached hydrogen (secondary N) is 1. The van der Waals surface area contributed by atoms with E-state index in [0.29, 0.717) is 12.1 Å². The number of aryl methyl sites for hydroxylation is 1. The van der Waals surface area contributed by atoms with Crippen LogP contribution in [0.1, 0.15) is 49.8 Å². The van der Waals surface area contributed by atoms with Crippen LogP contribution >= 0.6 is 0 Å². The van der Waals surface area contributed by atoms with Gasteiger partial charge in [0.1, 0.15) is 11.9 Å². The van der Waals surface area contributed by atoms with E-state index in [1.807, 2.05) is 7.05 Å². The molecule has 0 saturated heterocycles. The van der Waals surface area contributed by atoms with E-state index in [1.54, 1.807) is 7.11 Å². The van der Waals surface area contributed by atoms with Gasteiger partial charge in [-0.2, -0.15) is 0 Å². The standard InChI is InChI=1S/C17H27NO2/c1-12-8-9-16(13(2)18-3)17(10-12)20-15-7-5-6-14(11-15)19-4/h8-10,13-15,18H,5-7,11H2,1-4H3. The van der Waals surface area contributed by atoms with Crippen molar-refractivity contribution in [2.75, 3.05) is 14.2 Å². The van der Waals surface area contributed by atoms with Gasteiger partial charge in [0, 0.05) is 25.1 Å². The zero-order valence-corrected chi connectivity index (χ0v) is 13.1. The van der Waals surface area contributed by atoms with E-state index >= 15 is 0 Å². The van der Waals surface area contributed by atoms with Gasteiger partial charge in [-0.05, 0) is 51.8 Å². The molecule has 1 aromatic carbocycles. The molecule has 3 nitrogen and oxygen atoms in total. The number of rotatable bonds is 5. The third-order valence-corrected chi connectivity index (χ3v) is 4.27. The van der Waals surface area contributed by atoms with E-state index in [9.17, 15) is 0 Å². The minimum absolute atomic E-state index is 0.276. The molecule has 20 heavy (non-hydrogen) atoms. The molecule has 0 heterocycles. The maximum absolute atomic E-state index is 6.30. The summed E-state index contributed by atoms with van der Waals surface area (Å²) >= 11 is 0. The van der Waals surface area contributed by atoms with Crippen molar-refractivity contribution in [3.8, 4) is 5.75 Å². The van der Waals surface area contributed by atoms with Crippen LogP contribution in [-0.2, 0) is 4.74 Å². The monoisotopic (exact) mass is 277 g/mol. The number of methoxy groups -OCH3 is 1. The summed E-state index contributed by atoms with van der Waals surface area (Å²) in [5.74, 6) is 1.02. The van der Waals surface area contributed by atoms with Gasteiger partial charge in [0.25, 0.3) is 0 Å². The van der Waals surface area contributed by atoms with E-state index in [4.69, 9.17) is 9.47 Å². The summed E-state index contributed by atoms with van der Waals surface area (Å²) < 4.78 is 11.8. The molecule has 1 aliphatic carbocycles. The first kappa shape index (κ1) is 15.3. The van der Waals surface area contributed by atoms with Crippen molar-refractivity contribution in [2.24, 2.45) is 0 Å². The molecule has 1 N–H and O–H groups in total.